The summed E-state index contributed by atoms with van der Waals surface area (Å²) in [6.07, 6.45) is 0. The zero-order valence-electron chi connectivity index (χ0n) is 14.1. The number of thioether (sulfide) groups is 1. The van der Waals surface area contributed by atoms with Gasteiger partial charge in [-0.25, -0.2) is 8.78 Å². The van der Waals surface area contributed by atoms with Gasteiger partial charge in [0, 0.05) is 43.1 Å². The summed E-state index contributed by atoms with van der Waals surface area (Å²) in [5.74, 6) is -0.337. The van der Waals surface area contributed by atoms with Crippen LogP contribution in [0.4, 0.5) is 8.78 Å². The van der Waals surface area contributed by atoms with E-state index >= 15 is 0 Å². The second-order valence-corrected chi connectivity index (χ2v) is 7.56. The Morgan fingerprint density at radius 3 is 2.35 bits per heavy atom. The monoisotopic (exact) mass is 377 g/mol. The summed E-state index contributed by atoms with van der Waals surface area (Å²) in [4.78, 5) is 14.3. The highest BCUT2D eigenvalue weighted by molar-refractivity contribution is 7.99. The van der Waals surface area contributed by atoms with Gasteiger partial charge in [0.05, 0.1) is 5.56 Å². The Balaban J connectivity index is 1.63. The standard InChI is InChI=1S/C19H17F2NO3S/c1-19(12-2-4-13(20)5-3-12)24-16-10-14(15(21)11-17(16)25-19)18(23)22-6-8-26-9-7-22/h2-5,10-11H,6-9H2,1H3. The van der Waals surface area contributed by atoms with Gasteiger partial charge >= 0.3 is 0 Å². The van der Waals surface area contributed by atoms with Crippen molar-refractivity contribution in [1.29, 1.82) is 0 Å². The number of benzene rings is 2. The first-order chi connectivity index (χ1) is 12.5. The molecule has 2 aromatic rings. The van der Waals surface area contributed by atoms with E-state index < -0.39 is 11.6 Å². The molecule has 2 aromatic carbocycles. The highest BCUT2D eigenvalue weighted by atomic mass is 32.2. The number of rotatable bonds is 2. The van der Waals surface area contributed by atoms with Gasteiger partial charge in [0.15, 0.2) is 11.5 Å². The fourth-order valence-electron chi connectivity index (χ4n) is 3.11. The molecular formula is C19H17F2NO3S. The fourth-order valence-corrected chi connectivity index (χ4v) is 4.01. The van der Waals surface area contributed by atoms with Crippen LogP contribution in [-0.2, 0) is 5.79 Å². The molecule has 0 radical (unpaired) electrons. The van der Waals surface area contributed by atoms with Crippen molar-refractivity contribution in [3.63, 3.8) is 0 Å². The number of amides is 1. The van der Waals surface area contributed by atoms with Gasteiger partial charge in [0.1, 0.15) is 11.6 Å². The number of hydrogen-bond donors (Lipinski definition) is 0. The maximum Gasteiger partial charge on any atom is 0.275 e. The molecule has 2 aliphatic rings. The van der Waals surface area contributed by atoms with Gasteiger partial charge < -0.3 is 14.4 Å². The Bertz CT molecular complexity index is 853. The SMILES string of the molecule is CC1(c2ccc(F)cc2)Oc2cc(F)c(C(=O)N3CCSCC3)cc2O1. The zero-order valence-corrected chi connectivity index (χ0v) is 14.9. The molecule has 2 aliphatic heterocycles. The first kappa shape index (κ1) is 17.1. The molecule has 1 fully saturated rings. The topological polar surface area (TPSA) is 38.8 Å². The number of carbonyl (C=O) groups excluding carboxylic acids is 1. The molecule has 1 unspecified atom stereocenters. The van der Waals surface area contributed by atoms with E-state index in [1.54, 1.807) is 35.7 Å². The first-order valence-corrected chi connectivity index (χ1v) is 9.46. The molecule has 136 valence electrons. The lowest BCUT2D eigenvalue weighted by molar-refractivity contribution is -0.0681. The van der Waals surface area contributed by atoms with Crippen molar-refractivity contribution >= 4 is 17.7 Å². The van der Waals surface area contributed by atoms with Crippen LogP contribution in [-0.4, -0.2) is 35.4 Å². The average Bonchev–Trinajstić information content (AvgIpc) is 2.98. The van der Waals surface area contributed by atoms with E-state index in [2.05, 4.69) is 0 Å². The van der Waals surface area contributed by atoms with Crippen LogP contribution >= 0.6 is 11.8 Å². The van der Waals surface area contributed by atoms with Gasteiger partial charge in [-0.1, -0.05) is 0 Å². The molecule has 2 heterocycles. The van der Waals surface area contributed by atoms with Gasteiger partial charge in [-0.2, -0.15) is 11.8 Å². The van der Waals surface area contributed by atoms with E-state index in [9.17, 15) is 13.6 Å². The van der Waals surface area contributed by atoms with E-state index in [-0.39, 0.29) is 23.0 Å². The number of ether oxygens (including phenoxy) is 2. The minimum Gasteiger partial charge on any atom is -0.445 e. The fraction of sp³-hybridized carbons (Fsp3) is 0.316. The maximum atomic E-state index is 14.5. The quantitative estimate of drug-likeness (QED) is 0.798. The minimum absolute atomic E-state index is 0.0254. The van der Waals surface area contributed by atoms with Crippen LogP contribution in [0.1, 0.15) is 22.8 Å². The molecule has 26 heavy (non-hydrogen) atoms. The number of hydrogen-bond acceptors (Lipinski definition) is 4. The van der Waals surface area contributed by atoms with E-state index in [0.29, 0.717) is 24.4 Å². The largest absolute Gasteiger partial charge is 0.445 e. The zero-order chi connectivity index (χ0) is 18.3. The van der Waals surface area contributed by atoms with Gasteiger partial charge in [0.25, 0.3) is 11.7 Å². The lowest BCUT2D eigenvalue weighted by Gasteiger charge is -2.26. The molecule has 4 nitrogen and oxygen atoms in total. The van der Waals surface area contributed by atoms with E-state index in [1.165, 1.54) is 24.3 Å². The number of fused-ring (bicyclic) bond motifs is 1. The minimum atomic E-state index is -1.20. The summed E-state index contributed by atoms with van der Waals surface area (Å²) in [7, 11) is 0. The van der Waals surface area contributed by atoms with E-state index in [4.69, 9.17) is 9.47 Å². The summed E-state index contributed by atoms with van der Waals surface area (Å²) in [5.41, 5.74) is 0.569. The van der Waals surface area contributed by atoms with Gasteiger partial charge in [-0.15, -0.1) is 0 Å². The third-order valence-electron chi connectivity index (χ3n) is 4.54. The Kier molecular flexibility index (Phi) is 4.26. The van der Waals surface area contributed by atoms with Crippen molar-refractivity contribution in [2.75, 3.05) is 24.6 Å². The molecule has 4 rings (SSSR count). The Morgan fingerprint density at radius 2 is 1.69 bits per heavy atom. The lowest BCUT2D eigenvalue weighted by atomic mass is 10.1. The molecule has 1 saturated heterocycles. The second-order valence-electron chi connectivity index (χ2n) is 6.34. The van der Waals surface area contributed by atoms with Crippen LogP contribution in [0, 0.1) is 11.6 Å². The molecule has 1 atom stereocenters. The van der Waals surface area contributed by atoms with E-state index in [1.807, 2.05) is 0 Å². The van der Waals surface area contributed by atoms with Crippen molar-refractivity contribution in [1.82, 2.24) is 4.90 Å². The molecule has 0 bridgehead atoms. The predicted molar refractivity (Wildman–Crippen MR) is 94.6 cm³/mol. The molecule has 7 heteroatoms. The summed E-state index contributed by atoms with van der Waals surface area (Å²) in [5, 5.41) is 0. The molecule has 0 spiro atoms. The predicted octanol–water partition coefficient (Wildman–Crippen LogP) is 3.80. The van der Waals surface area contributed by atoms with Gasteiger partial charge in [-0.05, 0) is 30.3 Å². The van der Waals surface area contributed by atoms with Crippen molar-refractivity contribution in [3.8, 4) is 11.5 Å². The molecule has 0 aromatic heterocycles. The van der Waals surface area contributed by atoms with Crippen molar-refractivity contribution in [2.24, 2.45) is 0 Å². The van der Waals surface area contributed by atoms with E-state index in [0.717, 1.165) is 11.5 Å². The number of carbonyl (C=O) groups is 1. The second kappa shape index (κ2) is 6.46. The van der Waals surface area contributed by atoms with Crippen molar-refractivity contribution in [2.45, 2.75) is 12.7 Å². The average molecular weight is 377 g/mol. The third kappa shape index (κ3) is 3.00. The maximum absolute atomic E-state index is 14.5. The normalized spacial score (nSPS) is 21.7. The molecule has 1 amide bonds. The Labute approximate surface area is 154 Å². The highest BCUT2D eigenvalue weighted by Gasteiger charge is 2.40. The van der Waals surface area contributed by atoms with Crippen molar-refractivity contribution < 1.29 is 23.0 Å². The van der Waals surface area contributed by atoms with Crippen LogP contribution < -0.4 is 9.47 Å². The summed E-state index contributed by atoms with van der Waals surface area (Å²) >= 11 is 1.77. The molecule has 0 N–H and O–H groups in total. The van der Waals surface area contributed by atoms with Gasteiger partial charge in [0.2, 0.25) is 0 Å². The molecule has 0 saturated carbocycles. The highest BCUT2D eigenvalue weighted by Crippen LogP contribution is 2.45. The summed E-state index contributed by atoms with van der Waals surface area (Å²) in [6, 6.07) is 8.28. The van der Waals surface area contributed by atoms with Crippen molar-refractivity contribution in [3.05, 3.63) is 59.2 Å². The summed E-state index contributed by atoms with van der Waals surface area (Å²) < 4.78 is 39.3. The third-order valence-corrected chi connectivity index (χ3v) is 5.48. The van der Waals surface area contributed by atoms with Crippen LogP contribution in [0.25, 0.3) is 0 Å². The first-order valence-electron chi connectivity index (χ1n) is 8.31. The van der Waals surface area contributed by atoms with Crippen LogP contribution in [0.2, 0.25) is 0 Å². The Morgan fingerprint density at radius 1 is 1.08 bits per heavy atom. The molecular weight excluding hydrogens is 360 g/mol. The molecule has 0 aliphatic carbocycles. The number of nitrogens with zero attached hydrogens (tertiary/aromatic N) is 1. The number of halogens is 2. The Hall–Kier alpha value is -2.28. The van der Waals surface area contributed by atoms with Gasteiger partial charge in [-0.3, -0.25) is 4.79 Å². The summed E-state index contributed by atoms with van der Waals surface area (Å²) in [6.45, 7) is 2.87. The lowest BCUT2D eigenvalue weighted by Crippen LogP contribution is -2.38. The smallest absolute Gasteiger partial charge is 0.275 e. The van der Waals surface area contributed by atoms with Crippen LogP contribution in [0.5, 0.6) is 11.5 Å². The van der Waals surface area contributed by atoms with Crippen LogP contribution in [0.3, 0.4) is 0 Å². The van der Waals surface area contributed by atoms with Crippen LogP contribution in [0.15, 0.2) is 36.4 Å².